The monoisotopic (exact) mass is 390 g/mol. The second-order valence-corrected chi connectivity index (χ2v) is 7.54. The topological polar surface area (TPSA) is 65.0 Å². The van der Waals surface area contributed by atoms with Crippen LogP contribution in [0.1, 0.15) is 63.9 Å². The molecule has 1 aliphatic rings. The van der Waals surface area contributed by atoms with Crippen LogP contribution in [0.25, 0.3) is 0 Å². The van der Waals surface area contributed by atoms with Gasteiger partial charge < -0.3 is 19.3 Å². The average Bonchev–Trinajstić information content (AvgIpc) is 2.70. The molecule has 5 heteroatoms. The number of carbonyl (C=O) groups excluding carboxylic acids is 1. The number of hydrogen-bond donors (Lipinski definition) is 1. The standard InChI is InChI=1S/C23H34O5/c1-4-5-18-6-8-19(9-7-18)21-11-10-20(26-13-12-24)16-22(21)27-14-15-28-23(25)17(2)3/h10-11,16,18-19,24H,2,4-9,12-15H2,1,3H3. The SMILES string of the molecule is C=C(C)C(=O)OCCOc1cc(OCCO)ccc1C1CCC(CCC)CC1. The first kappa shape index (κ1) is 22.3. The van der Waals surface area contributed by atoms with Crippen molar-refractivity contribution in [3.8, 4) is 11.5 Å². The first-order valence-electron chi connectivity index (χ1n) is 10.4. The Morgan fingerprint density at radius 3 is 2.54 bits per heavy atom. The lowest BCUT2D eigenvalue weighted by Gasteiger charge is -2.29. The molecule has 156 valence electrons. The van der Waals surface area contributed by atoms with Gasteiger partial charge in [-0.2, -0.15) is 0 Å². The number of esters is 1. The Bertz CT molecular complexity index is 632. The molecular weight excluding hydrogens is 356 g/mol. The predicted octanol–water partition coefficient (Wildman–Crippen LogP) is 4.63. The van der Waals surface area contributed by atoms with Crippen molar-refractivity contribution in [2.24, 2.45) is 5.92 Å². The van der Waals surface area contributed by atoms with Crippen LogP contribution in [0.2, 0.25) is 0 Å². The summed E-state index contributed by atoms with van der Waals surface area (Å²) in [6.45, 7) is 8.12. The molecule has 0 spiro atoms. The molecule has 0 atom stereocenters. The van der Waals surface area contributed by atoms with Crippen molar-refractivity contribution in [1.82, 2.24) is 0 Å². The number of carbonyl (C=O) groups is 1. The number of hydrogen-bond acceptors (Lipinski definition) is 5. The van der Waals surface area contributed by atoms with Crippen LogP contribution in [0.5, 0.6) is 11.5 Å². The Labute approximate surface area is 168 Å². The minimum absolute atomic E-state index is 0.0315. The summed E-state index contributed by atoms with van der Waals surface area (Å²) >= 11 is 0. The van der Waals surface area contributed by atoms with Crippen molar-refractivity contribution in [1.29, 1.82) is 0 Å². The summed E-state index contributed by atoms with van der Waals surface area (Å²) < 4.78 is 16.6. The van der Waals surface area contributed by atoms with Crippen LogP contribution in [0, 0.1) is 5.92 Å². The van der Waals surface area contributed by atoms with Gasteiger partial charge in [0, 0.05) is 11.6 Å². The van der Waals surface area contributed by atoms with Crippen LogP contribution in [0.3, 0.4) is 0 Å². The average molecular weight is 391 g/mol. The lowest BCUT2D eigenvalue weighted by molar-refractivity contribution is -0.139. The van der Waals surface area contributed by atoms with Crippen LogP contribution < -0.4 is 9.47 Å². The summed E-state index contributed by atoms with van der Waals surface area (Å²) in [5.74, 6) is 2.37. The third kappa shape index (κ3) is 6.86. The van der Waals surface area contributed by atoms with E-state index in [-0.39, 0.29) is 26.4 Å². The molecule has 0 heterocycles. The Morgan fingerprint density at radius 1 is 1.14 bits per heavy atom. The smallest absolute Gasteiger partial charge is 0.333 e. The quantitative estimate of drug-likeness (QED) is 0.339. The van der Waals surface area contributed by atoms with Gasteiger partial charge in [-0.3, -0.25) is 0 Å². The van der Waals surface area contributed by atoms with Gasteiger partial charge in [-0.1, -0.05) is 32.4 Å². The van der Waals surface area contributed by atoms with Gasteiger partial charge in [0.1, 0.15) is 31.3 Å². The van der Waals surface area contributed by atoms with Crippen molar-refractivity contribution in [2.45, 2.75) is 58.3 Å². The van der Waals surface area contributed by atoms with Crippen LogP contribution >= 0.6 is 0 Å². The molecule has 0 saturated heterocycles. The Hall–Kier alpha value is -2.01. The molecule has 1 aromatic rings. The fourth-order valence-corrected chi connectivity index (χ4v) is 3.81. The van der Waals surface area contributed by atoms with Crippen LogP contribution in [0.4, 0.5) is 0 Å². The van der Waals surface area contributed by atoms with E-state index >= 15 is 0 Å². The van der Waals surface area contributed by atoms with E-state index in [4.69, 9.17) is 19.3 Å². The molecule has 1 aliphatic carbocycles. The minimum atomic E-state index is -0.405. The van der Waals surface area contributed by atoms with Crippen LogP contribution in [0.15, 0.2) is 30.4 Å². The van der Waals surface area contributed by atoms with Gasteiger partial charge in [0.2, 0.25) is 0 Å². The molecule has 0 radical (unpaired) electrons. The van der Waals surface area contributed by atoms with Gasteiger partial charge in [0.05, 0.1) is 6.61 Å². The molecule has 0 bridgehead atoms. The normalized spacial score (nSPS) is 19.1. The number of aliphatic hydroxyl groups excluding tert-OH is 1. The minimum Gasteiger partial charge on any atom is -0.491 e. The summed E-state index contributed by atoms with van der Waals surface area (Å²) in [7, 11) is 0. The van der Waals surface area contributed by atoms with E-state index in [1.165, 1.54) is 44.1 Å². The van der Waals surface area contributed by atoms with E-state index in [0.717, 1.165) is 11.7 Å². The molecule has 0 amide bonds. The van der Waals surface area contributed by atoms with Gasteiger partial charge in [0.25, 0.3) is 0 Å². The highest BCUT2D eigenvalue weighted by Gasteiger charge is 2.24. The zero-order chi connectivity index (χ0) is 20.4. The summed E-state index contributed by atoms with van der Waals surface area (Å²) in [5.41, 5.74) is 1.57. The second kappa shape index (κ2) is 11.7. The summed E-state index contributed by atoms with van der Waals surface area (Å²) in [4.78, 5) is 11.5. The van der Waals surface area contributed by atoms with Gasteiger partial charge >= 0.3 is 5.97 Å². The highest BCUT2D eigenvalue weighted by atomic mass is 16.6. The number of rotatable bonds is 11. The molecule has 2 rings (SSSR count). The molecule has 5 nitrogen and oxygen atoms in total. The molecular formula is C23H34O5. The Balaban J connectivity index is 2.02. The van der Waals surface area contributed by atoms with E-state index in [9.17, 15) is 4.79 Å². The van der Waals surface area contributed by atoms with Crippen LogP contribution in [-0.4, -0.2) is 37.5 Å². The fraction of sp³-hybridized carbons (Fsp3) is 0.609. The van der Waals surface area contributed by atoms with E-state index in [1.54, 1.807) is 6.92 Å². The molecule has 1 N–H and O–H groups in total. The molecule has 0 aliphatic heterocycles. The summed E-state index contributed by atoms with van der Waals surface area (Å²) in [6.07, 6.45) is 7.43. The first-order chi connectivity index (χ1) is 13.5. The third-order valence-corrected chi connectivity index (χ3v) is 5.25. The van der Waals surface area contributed by atoms with Gasteiger partial charge in [-0.15, -0.1) is 0 Å². The van der Waals surface area contributed by atoms with E-state index in [1.807, 2.05) is 12.1 Å². The second-order valence-electron chi connectivity index (χ2n) is 7.54. The van der Waals surface area contributed by atoms with Crippen molar-refractivity contribution in [2.75, 3.05) is 26.4 Å². The molecule has 1 aromatic carbocycles. The lowest BCUT2D eigenvalue weighted by atomic mass is 9.77. The molecule has 28 heavy (non-hydrogen) atoms. The van der Waals surface area contributed by atoms with Gasteiger partial charge in [-0.05, 0) is 56.1 Å². The maximum absolute atomic E-state index is 11.5. The molecule has 1 fully saturated rings. The first-order valence-corrected chi connectivity index (χ1v) is 10.4. The molecule has 0 aromatic heterocycles. The predicted molar refractivity (Wildman–Crippen MR) is 110 cm³/mol. The lowest BCUT2D eigenvalue weighted by Crippen LogP contribution is -2.16. The highest BCUT2D eigenvalue weighted by Crippen LogP contribution is 2.41. The van der Waals surface area contributed by atoms with Crippen LogP contribution in [-0.2, 0) is 9.53 Å². The summed E-state index contributed by atoms with van der Waals surface area (Å²) in [5, 5.41) is 8.98. The van der Waals surface area contributed by atoms with Gasteiger partial charge in [-0.25, -0.2) is 4.79 Å². The molecule has 0 unspecified atom stereocenters. The maximum atomic E-state index is 11.5. The van der Waals surface area contributed by atoms with Gasteiger partial charge in [0.15, 0.2) is 0 Å². The molecule has 1 saturated carbocycles. The Kier molecular flexibility index (Phi) is 9.35. The van der Waals surface area contributed by atoms with Crippen molar-refractivity contribution in [3.05, 3.63) is 35.9 Å². The third-order valence-electron chi connectivity index (χ3n) is 5.25. The van der Waals surface area contributed by atoms with E-state index in [2.05, 4.69) is 19.6 Å². The number of aliphatic hydroxyl groups is 1. The van der Waals surface area contributed by atoms with Crippen molar-refractivity contribution in [3.63, 3.8) is 0 Å². The zero-order valence-corrected chi connectivity index (χ0v) is 17.2. The van der Waals surface area contributed by atoms with Crippen molar-refractivity contribution >= 4 is 5.97 Å². The van der Waals surface area contributed by atoms with E-state index < -0.39 is 5.97 Å². The van der Waals surface area contributed by atoms with E-state index in [0.29, 0.717) is 17.2 Å². The van der Waals surface area contributed by atoms with Crippen molar-refractivity contribution < 1.29 is 24.1 Å². The summed E-state index contributed by atoms with van der Waals surface area (Å²) in [6, 6.07) is 5.90. The largest absolute Gasteiger partial charge is 0.491 e. The fourth-order valence-electron chi connectivity index (χ4n) is 3.81. The number of ether oxygens (including phenoxy) is 3. The zero-order valence-electron chi connectivity index (χ0n) is 17.2. The maximum Gasteiger partial charge on any atom is 0.333 e. The Morgan fingerprint density at radius 2 is 1.89 bits per heavy atom. The highest BCUT2D eigenvalue weighted by molar-refractivity contribution is 5.86. The number of benzene rings is 1.